The lowest BCUT2D eigenvalue weighted by molar-refractivity contribution is 0.135. The summed E-state index contributed by atoms with van der Waals surface area (Å²) in [6.07, 6.45) is 0. The van der Waals surface area contributed by atoms with Gasteiger partial charge in [-0.15, -0.1) is 0 Å². The first kappa shape index (κ1) is 18.0. The van der Waals surface area contributed by atoms with Crippen molar-refractivity contribution in [2.75, 3.05) is 26.3 Å². The summed E-state index contributed by atoms with van der Waals surface area (Å²) in [4.78, 5) is -0.647. The Labute approximate surface area is 123 Å². The minimum atomic E-state index is -4.11. The van der Waals surface area contributed by atoms with Gasteiger partial charge in [0.15, 0.2) is 5.82 Å². The summed E-state index contributed by atoms with van der Waals surface area (Å²) in [5, 5.41) is 8.95. The monoisotopic (exact) mass is 323 g/mol. The van der Waals surface area contributed by atoms with Crippen LogP contribution in [0.25, 0.3) is 0 Å². The van der Waals surface area contributed by atoms with E-state index in [1.807, 2.05) is 0 Å². The maximum absolute atomic E-state index is 14.1. The smallest absolute Gasteiger partial charge is 0.246 e. The first-order valence-electron chi connectivity index (χ1n) is 6.55. The molecule has 0 heterocycles. The lowest BCUT2D eigenvalue weighted by atomic mass is 10.2. The van der Waals surface area contributed by atoms with E-state index in [2.05, 4.69) is 0 Å². The highest BCUT2D eigenvalue weighted by atomic mass is 32.2. The third-order valence-electron chi connectivity index (χ3n) is 2.97. The van der Waals surface area contributed by atoms with Gasteiger partial charge >= 0.3 is 0 Å². The van der Waals surface area contributed by atoms with Crippen molar-refractivity contribution in [1.29, 1.82) is 0 Å². The molecular formula is C13H19F2NO4S. The Balaban J connectivity index is 3.17. The Bertz CT molecular complexity index is 578. The van der Waals surface area contributed by atoms with Crippen LogP contribution in [0.1, 0.15) is 19.4 Å². The number of ether oxygens (including phenoxy) is 1. The number of nitrogens with zero attached hydrogens (tertiary/aromatic N) is 1. The second-order valence-electron chi connectivity index (χ2n) is 4.19. The zero-order chi connectivity index (χ0) is 16.0. The molecule has 0 atom stereocenters. The highest BCUT2D eigenvalue weighted by Crippen LogP contribution is 2.24. The zero-order valence-corrected chi connectivity index (χ0v) is 12.8. The van der Waals surface area contributed by atoms with E-state index >= 15 is 0 Å². The average Bonchev–Trinajstić information content (AvgIpc) is 2.43. The van der Waals surface area contributed by atoms with Gasteiger partial charge in [-0.3, -0.25) is 0 Å². The number of rotatable bonds is 8. The molecule has 5 nitrogen and oxygen atoms in total. The van der Waals surface area contributed by atoms with Crippen molar-refractivity contribution in [1.82, 2.24) is 4.31 Å². The Morgan fingerprint density at radius 2 is 1.95 bits per heavy atom. The second kappa shape index (κ2) is 7.79. The average molecular weight is 323 g/mol. The highest BCUT2D eigenvalue weighted by molar-refractivity contribution is 7.89. The summed E-state index contributed by atoms with van der Waals surface area (Å²) in [5.74, 6) is -2.24. The molecule has 0 bridgehead atoms. The third-order valence-corrected chi connectivity index (χ3v) is 4.96. The van der Waals surface area contributed by atoms with Gasteiger partial charge < -0.3 is 9.84 Å². The van der Waals surface area contributed by atoms with Crippen molar-refractivity contribution >= 4 is 10.0 Å². The van der Waals surface area contributed by atoms with Crippen molar-refractivity contribution in [3.05, 3.63) is 29.3 Å². The maximum Gasteiger partial charge on any atom is 0.246 e. The number of sulfonamides is 1. The van der Waals surface area contributed by atoms with E-state index in [1.54, 1.807) is 13.8 Å². The van der Waals surface area contributed by atoms with Gasteiger partial charge in [-0.05, 0) is 19.1 Å². The normalized spacial score (nSPS) is 12.1. The fraction of sp³-hybridized carbons (Fsp3) is 0.538. The molecule has 1 rings (SSSR count). The zero-order valence-electron chi connectivity index (χ0n) is 12.0. The van der Waals surface area contributed by atoms with E-state index < -0.39 is 38.7 Å². The minimum Gasteiger partial charge on any atom is -0.391 e. The summed E-state index contributed by atoms with van der Waals surface area (Å²) < 4.78 is 58.3. The van der Waals surface area contributed by atoms with Crippen LogP contribution in [-0.4, -0.2) is 44.1 Å². The van der Waals surface area contributed by atoms with Crippen LogP contribution in [0.4, 0.5) is 8.78 Å². The summed E-state index contributed by atoms with van der Waals surface area (Å²) in [5.41, 5.74) is -0.656. The van der Waals surface area contributed by atoms with E-state index in [0.29, 0.717) is 6.61 Å². The first-order valence-corrected chi connectivity index (χ1v) is 7.99. The second-order valence-corrected chi connectivity index (χ2v) is 6.10. The molecule has 0 saturated heterocycles. The molecule has 120 valence electrons. The summed E-state index contributed by atoms with van der Waals surface area (Å²) >= 11 is 0. The van der Waals surface area contributed by atoms with Crippen LogP contribution >= 0.6 is 0 Å². The van der Waals surface area contributed by atoms with Gasteiger partial charge in [-0.2, -0.15) is 4.31 Å². The lowest BCUT2D eigenvalue weighted by Gasteiger charge is -2.21. The van der Waals surface area contributed by atoms with E-state index in [-0.39, 0.29) is 19.7 Å². The molecule has 0 radical (unpaired) electrons. The number of likely N-dealkylation sites (N-methyl/N-ethyl adjacent to an activating group) is 1. The molecule has 0 aliphatic carbocycles. The van der Waals surface area contributed by atoms with Crippen molar-refractivity contribution < 1.29 is 27.0 Å². The molecule has 0 fully saturated rings. The van der Waals surface area contributed by atoms with E-state index in [0.717, 1.165) is 16.4 Å². The molecule has 0 amide bonds. The molecule has 0 aliphatic rings. The van der Waals surface area contributed by atoms with E-state index in [9.17, 15) is 17.2 Å². The van der Waals surface area contributed by atoms with Gasteiger partial charge in [0, 0.05) is 19.7 Å². The van der Waals surface area contributed by atoms with Gasteiger partial charge in [-0.1, -0.05) is 6.92 Å². The molecule has 0 aliphatic heterocycles. The first-order chi connectivity index (χ1) is 9.89. The fourth-order valence-electron chi connectivity index (χ4n) is 1.82. The molecule has 21 heavy (non-hydrogen) atoms. The van der Waals surface area contributed by atoms with Crippen LogP contribution in [-0.2, 0) is 21.4 Å². The number of hydrogen-bond acceptors (Lipinski definition) is 4. The van der Waals surface area contributed by atoms with E-state index in [1.165, 1.54) is 0 Å². The standard InChI is InChI=1S/C13H19F2NO4S/c1-3-16(7-8-20-4-2)21(18,19)12-6-5-11(14)10(9-17)13(12)15/h5-6,17H,3-4,7-9H2,1-2H3. The van der Waals surface area contributed by atoms with E-state index in [4.69, 9.17) is 9.84 Å². The molecule has 0 saturated carbocycles. The third kappa shape index (κ3) is 3.97. The molecule has 0 aromatic heterocycles. The topological polar surface area (TPSA) is 66.8 Å². The maximum atomic E-state index is 14.1. The largest absolute Gasteiger partial charge is 0.391 e. The van der Waals surface area contributed by atoms with Gasteiger partial charge in [0.05, 0.1) is 18.8 Å². The SMILES string of the molecule is CCOCCN(CC)S(=O)(=O)c1ccc(F)c(CO)c1F. The van der Waals surface area contributed by atoms with Crippen LogP contribution < -0.4 is 0 Å². The number of hydrogen-bond donors (Lipinski definition) is 1. The number of aliphatic hydroxyl groups excluding tert-OH is 1. The number of halogens is 2. The van der Waals surface area contributed by atoms with Gasteiger partial charge in [0.2, 0.25) is 10.0 Å². The Morgan fingerprint density at radius 3 is 2.48 bits per heavy atom. The molecular weight excluding hydrogens is 304 g/mol. The van der Waals surface area contributed by atoms with Crippen molar-refractivity contribution in [3.8, 4) is 0 Å². The Hall–Kier alpha value is -1.09. The van der Waals surface area contributed by atoms with Crippen molar-refractivity contribution in [3.63, 3.8) is 0 Å². The summed E-state index contributed by atoms with van der Waals surface area (Å²) in [7, 11) is -4.11. The molecule has 1 N–H and O–H groups in total. The van der Waals surface area contributed by atoms with Crippen LogP contribution in [0.2, 0.25) is 0 Å². The predicted molar refractivity (Wildman–Crippen MR) is 73.2 cm³/mol. The lowest BCUT2D eigenvalue weighted by Crippen LogP contribution is -2.34. The van der Waals surface area contributed by atoms with Gasteiger partial charge in [0.1, 0.15) is 10.7 Å². The number of aliphatic hydroxyl groups is 1. The van der Waals surface area contributed by atoms with Gasteiger partial charge in [-0.25, -0.2) is 17.2 Å². The Kier molecular flexibility index (Phi) is 6.66. The van der Waals surface area contributed by atoms with Crippen LogP contribution in [0.15, 0.2) is 17.0 Å². The van der Waals surface area contributed by atoms with Gasteiger partial charge in [0.25, 0.3) is 0 Å². The van der Waals surface area contributed by atoms with Crippen molar-refractivity contribution in [2.24, 2.45) is 0 Å². The predicted octanol–water partition coefficient (Wildman–Crippen LogP) is 1.50. The Morgan fingerprint density at radius 1 is 1.29 bits per heavy atom. The molecule has 8 heteroatoms. The highest BCUT2D eigenvalue weighted by Gasteiger charge is 2.28. The number of benzene rings is 1. The van der Waals surface area contributed by atoms with Crippen LogP contribution in [0.3, 0.4) is 0 Å². The minimum absolute atomic E-state index is 0.0674. The molecule has 0 spiro atoms. The van der Waals surface area contributed by atoms with Crippen LogP contribution in [0, 0.1) is 11.6 Å². The molecule has 1 aromatic carbocycles. The molecule has 0 unspecified atom stereocenters. The van der Waals surface area contributed by atoms with Crippen LogP contribution in [0.5, 0.6) is 0 Å². The fourth-order valence-corrected chi connectivity index (χ4v) is 3.34. The summed E-state index contributed by atoms with van der Waals surface area (Å²) in [6.45, 7) is 3.29. The summed E-state index contributed by atoms with van der Waals surface area (Å²) in [6, 6.07) is 1.69. The molecule has 1 aromatic rings. The van der Waals surface area contributed by atoms with Crippen molar-refractivity contribution in [2.45, 2.75) is 25.3 Å². The quantitative estimate of drug-likeness (QED) is 0.736.